The molecule has 1 aromatic carbocycles. The van der Waals surface area contributed by atoms with Crippen LogP contribution in [0.4, 0.5) is 0 Å². The maximum Gasteiger partial charge on any atom is 0.241 e. The summed E-state index contributed by atoms with van der Waals surface area (Å²) in [4.78, 5) is 2.55. The van der Waals surface area contributed by atoms with E-state index in [0.717, 1.165) is 30.4 Å². The van der Waals surface area contributed by atoms with E-state index in [-0.39, 0.29) is 4.90 Å². The number of nitrogens with one attached hydrogen (secondary N) is 1. The first-order valence-corrected chi connectivity index (χ1v) is 9.58. The van der Waals surface area contributed by atoms with E-state index >= 15 is 0 Å². The van der Waals surface area contributed by atoms with Gasteiger partial charge in [0.15, 0.2) is 0 Å². The highest BCUT2D eigenvalue weighted by molar-refractivity contribution is 9.11. The summed E-state index contributed by atoms with van der Waals surface area (Å²) in [6, 6.07) is 5.15. The molecule has 7 heteroatoms. The van der Waals surface area contributed by atoms with Crippen LogP contribution in [0.5, 0.6) is 0 Å². The van der Waals surface area contributed by atoms with Gasteiger partial charge >= 0.3 is 0 Å². The van der Waals surface area contributed by atoms with Crippen LogP contribution in [0.25, 0.3) is 0 Å². The molecule has 1 N–H and O–H groups in total. The highest BCUT2D eigenvalue weighted by Gasteiger charge is 2.22. The molecule has 1 aromatic rings. The minimum atomic E-state index is -3.47. The molecule has 4 nitrogen and oxygen atoms in total. The Morgan fingerprint density at radius 3 is 2.60 bits per heavy atom. The van der Waals surface area contributed by atoms with Gasteiger partial charge in [-0.15, -0.1) is 0 Å². The summed E-state index contributed by atoms with van der Waals surface area (Å²) in [6.45, 7) is 2.58. The number of sulfonamides is 1. The second-order valence-corrected chi connectivity index (χ2v) is 8.68. The zero-order valence-electron chi connectivity index (χ0n) is 11.3. The molecule has 1 fully saturated rings. The monoisotopic (exact) mass is 424 g/mol. The van der Waals surface area contributed by atoms with Crippen LogP contribution in [-0.2, 0) is 10.0 Å². The predicted molar refractivity (Wildman–Crippen MR) is 87.3 cm³/mol. The van der Waals surface area contributed by atoms with Crippen molar-refractivity contribution in [2.75, 3.05) is 26.7 Å². The molecule has 1 aliphatic rings. The van der Waals surface area contributed by atoms with E-state index in [4.69, 9.17) is 0 Å². The number of nitrogens with zero attached hydrogens (tertiary/aromatic N) is 1. The van der Waals surface area contributed by atoms with Crippen molar-refractivity contribution < 1.29 is 8.42 Å². The number of piperidine rings is 1. The smallest absolute Gasteiger partial charge is 0.241 e. The van der Waals surface area contributed by atoms with Gasteiger partial charge in [-0.1, -0.05) is 15.9 Å². The van der Waals surface area contributed by atoms with Gasteiger partial charge in [-0.3, -0.25) is 0 Å². The number of rotatable bonds is 4. The average molecular weight is 426 g/mol. The average Bonchev–Trinajstić information content (AvgIpc) is 2.41. The lowest BCUT2D eigenvalue weighted by Gasteiger charge is -2.28. The minimum Gasteiger partial charge on any atom is -0.306 e. The number of halogens is 2. The summed E-state index contributed by atoms with van der Waals surface area (Å²) in [6.07, 6.45) is 2.08. The Bertz CT molecular complexity index is 570. The molecule has 2 rings (SSSR count). The molecule has 1 aliphatic heterocycles. The van der Waals surface area contributed by atoms with Crippen molar-refractivity contribution in [3.63, 3.8) is 0 Å². The van der Waals surface area contributed by atoms with Gasteiger partial charge in [0, 0.05) is 15.5 Å². The molecule has 0 spiro atoms. The molecule has 0 unspecified atom stereocenters. The molecule has 0 aliphatic carbocycles. The minimum absolute atomic E-state index is 0.278. The normalized spacial score (nSPS) is 18.4. The summed E-state index contributed by atoms with van der Waals surface area (Å²) in [5.74, 6) is 0.423. The van der Waals surface area contributed by atoms with Gasteiger partial charge in [0.2, 0.25) is 10.0 Å². The molecule has 1 saturated heterocycles. The maximum absolute atomic E-state index is 12.3. The molecule has 0 saturated carbocycles. The summed E-state index contributed by atoms with van der Waals surface area (Å²) in [7, 11) is -1.37. The third kappa shape index (κ3) is 4.27. The van der Waals surface area contributed by atoms with Crippen molar-refractivity contribution in [3.8, 4) is 0 Å². The lowest BCUT2D eigenvalue weighted by Crippen LogP contribution is -2.36. The van der Waals surface area contributed by atoms with Crippen LogP contribution in [-0.4, -0.2) is 40.0 Å². The fraction of sp³-hybridized carbons (Fsp3) is 0.538. The fourth-order valence-electron chi connectivity index (χ4n) is 2.25. The molecule has 0 radical (unpaired) electrons. The lowest BCUT2D eigenvalue weighted by atomic mass is 9.98. The van der Waals surface area contributed by atoms with Crippen molar-refractivity contribution in [1.82, 2.24) is 9.62 Å². The Hall–Kier alpha value is 0.0500. The Morgan fingerprint density at radius 1 is 1.30 bits per heavy atom. The van der Waals surface area contributed by atoms with E-state index in [1.807, 2.05) is 0 Å². The summed E-state index contributed by atoms with van der Waals surface area (Å²) >= 11 is 6.60. The molecule has 0 atom stereocenters. The van der Waals surface area contributed by atoms with Crippen LogP contribution >= 0.6 is 31.9 Å². The van der Waals surface area contributed by atoms with E-state index < -0.39 is 10.0 Å². The van der Waals surface area contributed by atoms with Crippen molar-refractivity contribution >= 4 is 41.9 Å². The first kappa shape index (κ1) is 16.4. The van der Waals surface area contributed by atoms with E-state index in [1.54, 1.807) is 18.2 Å². The van der Waals surface area contributed by atoms with Crippen molar-refractivity contribution in [2.45, 2.75) is 17.7 Å². The molecule has 0 aromatic heterocycles. The summed E-state index contributed by atoms with van der Waals surface area (Å²) in [5.41, 5.74) is 0. The Morgan fingerprint density at radius 2 is 1.95 bits per heavy atom. The number of benzene rings is 1. The highest BCUT2D eigenvalue weighted by Crippen LogP contribution is 2.26. The van der Waals surface area contributed by atoms with Crippen LogP contribution in [0, 0.1) is 5.92 Å². The Balaban J connectivity index is 2.02. The largest absolute Gasteiger partial charge is 0.306 e. The topological polar surface area (TPSA) is 49.4 Å². The maximum atomic E-state index is 12.3. The first-order chi connectivity index (χ1) is 9.38. The van der Waals surface area contributed by atoms with E-state index in [0.29, 0.717) is 16.9 Å². The fourth-order valence-corrected chi connectivity index (χ4v) is 4.87. The van der Waals surface area contributed by atoms with Gasteiger partial charge < -0.3 is 4.90 Å². The van der Waals surface area contributed by atoms with Gasteiger partial charge in [-0.05, 0) is 73.0 Å². The quantitative estimate of drug-likeness (QED) is 0.806. The Labute approximate surface area is 137 Å². The molecule has 0 amide bonds. The van der Waals surface area contributed by atoms with Crippen molar-refractivity contribution in [2.24, 2.45) is 5.92 Å². The third-order valence-corrected chi connectivity index (χ3v) is 6.49. The van der Waals surface area contributed by atoms with Crippen LogP contribution in [0.15, 0.2) is 32.0 Å². The lowest BCUT2D eigenvalue weighted by molar-refractivity contribution is 0.220. The predicted octanol–water partition coefficient (Wildman–Crippen LogP) is 2.83. The molecule has 20 heavy (non-hydrogen) atoms. The SMILES string of the molecule is CN1CCC(CNS(=O)(=O)c2cc(Br)ccc2Br)CC1. The first-order valence-electron chi connectivity index (χ1n) is 6.52. The second-order valence-electron chi connectivity index (χ2n) is 5.17. The zero-order valence-corrected chi connectivity index (χ0v) is 15.3. The van der Waals surface area contributed by atoms with Crippen LogP contribution in [0.1, 0.15) is 12.8 Å². The molecule has 0 bridgehead atoms. The highest BCUT2D eigenvalue weighted by atomic mass is 79.9. The molecule has 112 valence electrons. The van der Waals surface area contributed by atoms with Crippen LogP contribution < -0.4 is 4.72 Å². The molecular weight excluding hydrogens is 408 g/mol. The van der Waals surface area contributed by atoms with Crippen molar-refractivity contribution in [3.05, 3.63) is 27.1 Å². The number of hydrogen-bond donors (Lipinski definition) is 1. The third-order valence-electron chi connectivity index (χ3n) is 3.58. The Kier molecular flexibility index (Phi) is 5.64. The van der Waals surface area contributed by atoms with Gasteiger partial charge in [-0.2, -0.15) is 0 Å². The standard InChI is InChI=1S/C13H18Br2N2O2S/c1-17-6-4-10(5-7-17)9-16-20(18,19)13-8-11(14)2-3-12(13)15/h2-3,8,10,16H,4-7,9H2,1H3. The number of hydrogen-bond acceptors (Lipinski definition) is 3. The van der Waals surface area contributed by atoms with Gasteiger partial charge in [-0.25, -0.2) is 13.1 Å². The van der Waals surface area contributed by atoms with E-state index in [1.165, 1.54) is 0 Å². The second kappa shape index (κ2) is 6.87. The summed E-state index contributed by atoms with van der Waals surface area (Å²) in [5, 5.41) is 0. The van der Waals surface area contributed by atoms with E-state index in [9.17, 15) is 8.42 Å². The molecular formula is C13H18Br2N2O2S. The van der Waals surface area contributed by atoms with Crippen molar-refractivity contribution in [1.29, 1.82) is 0 Å². The van der Waals surface area contributed by atoms with Crippen LogP contribution in [0.3, 0.4) is 0 Å². The zero-order chi connectivity index (χ0) is 14.8. The van der Waals surface area contributed by atoms with Gasteiger partial charge in [0.05, 0.1) is 4.90 Å². The molecule has 1 heterocycles. The number of likely N-dealkylation sites (tertiary alicyclic amines) is 1. The van der Waals surface area contributed by atoms with Gasteiger partial charge in [0.1, 0.15) is 0 Å². The van der Waals surface area contributed by atoms with Crippen LogP contribution in [0.2, 0.25) is 0 Å². The van der Waals surface area contributed by atoms with Gasteiger partial charge in [0.25, 0.3) is 0 Å². The summed E-state index contributed by atoms with van der Waals surface area (Å²) < 4.78 is 28.7. The van der Waals surface area contributed by atoms with E-state index in [2.05, 4.69) is 48.5 Å².